The van der Waals surface area contributed by atoms with E-state index < -0.39 is 0 Å². The predicted molar refractivity (Wildman–Crippen MR) is 180 cm³/mol. The first-order valence-electron chi connectivity index (χ1n) is 10.1. The van der Waals surface area contributed by atoms with E-state index in [0.717, 1.165) is 28.9 Å². The molecule has 2 aromatic heterocycles. The molecule has 0 aliphatic rings. The van der Waals surface area contributed by atoms with Crippen LogP contribution in [-0.2, 0) is 20.7 Å². The summed E-state index contributed by atoms with van der Waals surface area (Å²) in [7, 11) is 1.63. The van der Waals surface area contributed by atoms with E-state index in [1.807, 2.05) is 19.3 Å². The van der Waals surface area contributed by atoms with E-state index in [1.165, 1.54) is 23.8 Å². The quantitative estimate of drug-likeness (QED) is 0.178. The molecule has 2 heterocycles. The van der Waals surface area contributed by atoms with Crippen LogP contribution in [0.3, 0.4) is 0 Å². The van der Waals surface area contributed by atoms with Crippen LogP contribution in [0.1, 0.15) is 53.5 Å². The van der Waals surface area contributed by atoms with Gasteiger partial charge in [-0.3, -0.25) is 9.97 Å². The molecule has 2 aromatic rings. The second-order valence-corrected chi connectivity index (χ2v) is 21.4. The van der Waals surface area contributed by atoms with Gasteiger partial charge >= 0.3 is 49.4 Å². The SMILES string of the molecule is CC(C)=O.CC(C)Cc1cncc(Br)c1.CCI.CO.Nc1cncc(Br)c1.[CH2-]CC.[I][V][I]. The Morgan fingerprint density at radius 1 is 1.06 bits per heavy atom. The van der Waals surface area contributed by atoms with Crippen LogP contribution in [0.25, 0.3) is 0 Å². The number of carbonyl (C=O) groups excluding carboxylic acids is 1. The summed E-state index contributed by atoms with van der Waals surface area (Å²) in [6.45, 7) is 15.1. The van der Waals surface area contributed by atoms with Gasteiger partial charge in [-0.25, -0.2) is 0 Å². The van der Waals surface area contributed by atoms with E-state index in [-0.39, 0.29) is 5.78 Å². The molecular weight excluding hydrogens is 942 g/mol. The molecule has 34 heavy (non-hydrogen) atoms. The Kier molecular flexibility index (Phi) is 52.0. The molecule has 0 spiro atoms. The van der Waals surface area contributed by atoms with Crippen molar-refractivity contribution in [2.24, 2.45) is 5.92 Å². The van der Waals surface area contributed by atoms with Gasteiger partial charge in [0.2, 0.25) is 0 Å². The van der Waals surface area contributed by atoms with Crippen molar-refractivity contribution >= 4 is 106 Å². The number of nitrogen functional groups attached to an aromatic ring is 1. The van der Waals surface area contributed by atoms with Gasteiger partial charge in [-0.05, 0) is 80.2 Å². The molecule has 5 nitrogen and oxygen atoms in total. The number of Topliss-reactive ketones (excluding diaryl/α,β-unsaturated/α-hetero) is 1. The molecule has 0 amide bonds. The van der Waals surface area contributed by atoms with Gasteiger partial charge < -0.3 is 22.6 Å². The summed E-state index contributed by atoms with van der Waals surface area (Å²) in [6, 6.07) is 3.92. The average molecular weight is 981 g/mol. The first-order chi connectivity index (χ1) is 15.9. The molecule has 0 atom stereocenters. The van der Waals surface area contributed by atoms with Crippen LogP contribution in [0.15, 0.2) is 45.9 Å². The summed E-state index contributed by atoms with van der Waals surface area (Å²) in [6.07, 6.45) is 9.13. The molecule has 0 saturated heterocycles. The molecule has 0 aromatic carbocycles. The van der Waals surface area contributed by atoms with Crippen LogP contribution in [0, 0.1) is 12.8 Å². The van der Waals surface area contributed by atoms with Gasteiger partial charge in [0.05, 0.1) is 5.69 Å². The van der Waals surface area contributed by atoms with Crippen LogP contribution in [0.5, 0.6) is 0 Å². The minimum absolute atomic E-state index is 0.167. The maximum absolute atomic E-state index is 9.44. The summed E-state index contributed by atoms with van der Waals surface area (Å²) >= 11 is 13.6. The predicted octanol–water partition coefficient (Wildman–Crippen LogP) is 9.11. The van der Waals surface area contributed by atoms with Crippen molar-refractivity contribution < 1.29 is 19.4 Å². The topological polar surface area (TPSA) is 89.1 Å². The van der Waals surface area contributed by atoms with Crippen LogP contribution in [-0.4, -0.2) is 32.4 Å². The zero-order chi connectivity index (χ0) is 27.9. The number of nitrogens with zero attached hydrogens (tertiary/aromatic N) is 2. The molecule has 0 fully saturated rings. The fourth-order valence-corrected chi connectivity index (χ4v) is 2.26. The number of carbonyl (C=O) groups is 1. The molecule has 11 heteroatoms. The number of pyridine rings is 2. The molecule has 0 bridgehead atoms. The van der Waals surface area contributed by atoms with Gasteiger partial charge in [0, 0.05) is 40.8 Å². The molecule has 0 saturated carbocycles. The normalized spacial score (nSPS) is 7.97. The van der Waals surface area contributed by atoms with Gasteiger partial charge in [0.15, 0.2) is 0 Å². The average Bonchev–Trinajstić information content (AvgIpc) is 2.71. The van der Waals surface area contributed by atoms with Crippen LogP contribution < -0.4 is 5.73 Å². The Bertz CT molecular complexity index is 649. The van der Waals surface area contributed by atoms with Crippen LogP contribution >= 0.6 is 94.4 Å². The Hall–Kier alpha value is 1.46. The molecule has 199 valence electrons. The van der Waals surface area contributed by atoms with Gasteiger partial charge in [0.25, 0.3) is 0 Å². The molecule has 0 unspecified atom stereocenters. The molecule has 3 N–H and O–H groups in total. The van der Waals surface area contributed by atoms with Crippen molar-refractivity contribution in [3.63, 3.8) is 0 Å². The Balaban J connectivity index is -0.000000107. The Labute approximate surface area is 267 Å². The number of hydrogen-bond donors (Lipinski definition) is 2. The van der Waals surface area contributed by atoms with E-state index in [9.17, 15) is 4.79 Å². The number of aromatic nitrogens is 2. The first kappa shape index (κ1) is 45.4. The van der Waals surface area contributed by atoms with Crippen molar-refractivity contribution in [1.82, 2.24) is 9.97 Å². The summed E-state index contributed by atoms with van der Waals surface area (Å²) in [5.74, 6) is 0.867. The number of aliphatic hydroxyl groups is 1. The molecule has 0 aliphatic heterocycles. The van der Waals surface area contributed by atoms with Crippen molar-refractivity contribution in [2.45, 2.75) is 54.4 Å². The number of nitrogens with two attached hydrogens (primary N) is 1. The molecule has 0 aliphatic carbocycles. The van der Waals surface area contributed by atoms with Gasteiger partial charge in [-0.15, -0.1) is 0 Å². The number of rotatable bonds is 2. The number of ketones is 1. The third-order valence-corrected chi connectivity index (χ3v) is 3.00. The summed E-state index contributed by atoms with van der Waals surface area (Å²) < 4.78 is 3.20. The van der Waals surface area contributed by atoms with E-state index in [1.54, 1.807) is 18.5 Å². The number of halogens is 5. The first-order valence-corrected chi connectivity index (χ1v) is 22.2. The van der Waals surface area contributed by atoms with Crippen molar-refractivity contribution in [3.8, 4) is 0 Å². The number of aliphatic hydroxyl groups excluding tert-OH is 1. The van der Waals surface area contributed by atoms with Crippen molar-refractivity contribution in [2.75, 3.05) is 17.3 Å². The molecule has 0 radical (unpaired) electrons. The van der Waals surface area contributed by atoms with Gasteiger partial charge in [0.1, 0.15) is 5.78 Å². The zero-order valence-electron chi connectivity index (χ0n) is 21.0. The summed E-state index contributed by atoms with van der Waals surface area (Å²) in [5, 5.41) is 7.00. The standard InChI is InChI=1S/C9H12BrN.C5H5BrN2.C3H6O.C3H7.C2H5I.CH4O.2HI.V/c1-7(2)3-8-4-9(10)6-11-5-8;6-4-1-5(7)3-8-2-4;1-3(2)4;1-3-2;1-2-3;1-2;;;/h4-7H,3H2,1-2H3;1-3H,7H2;1-2H3;1,3H2,2H3;2H2,1H3;2H,1H3;2*1H;/q;;;-1;;;;;+2/p-2. The van der Waals surface area contributed by atoms with E-state index >= 15 is 0 Å². The van der Waals surface area contributed by atoms with Crippen molar-refractivity contribution in [1.29, 1.82) is 0 Å². The number of anilines is 1. The third-order valence-electron chi connectivity index (χ3n) is 2.13. The van der Waals surface area contributed by atoms with Crippen molar-refractivity contribution in [3.05, 3.63) is 58.4 Å². The third kappa shape index (κ3) is 54.4. The summed E-state index contributed by atoms with van der Waals surface area (Å²) in [4.78, 5) is 17.3. The Morgan fingerprint density at radius 3 is 1.62 bits per heavy atom. The fraction of sp³-hybridized carbons (Fsp3) is 0.478. The monoisotopic (exact) mass is 979 g/mol. The van der Waals surface area contributed by atoms with Gasteiger partial charge in [-0.2, -0.15) is 6.42 Å². The van der Waals surface area contributed by atoms with Crippen LogP contribution in [0.4, 0.5) is 5.69 Å². The van der Waals surface area contributed by atoms with E-state index in [4.69, 9.17) is 10.8 Å². The second-order valence-electron chi connectivity index (χ2n) is 6.29. The zero-order valence-corrected chi connectivity index (χ0v) is 32.1. The number of hydrogen-bond acceptors (Lipinski definition) is 5. The van der Waals surface area contributed by atoms with Crippen LogP contribution in [0.2, 0.25) is 0 Å². The maximum atomic E-state index is 9.44. The van der Waals surface area contributed by atoms with E-state index in [2.05, 4.69) is 138 Å². The van der Waals surface area contributed by atoms with E-state index in [0.29, 0.717) is 21.1 Å². The molecule has 2 rings (SSSR count). The second kappa shape index (κ2) is 39.0. The van der Waals surface area contributed by atoms with Gasteiger partial charge in [-0.1, -0.05) is 50.3 Å². The Morgan fingerprint density at radius 2 is 1.38 bits per heavy atom. The molecular formula is C23H39Br2I3N3O2V-. The number of alkyl halides is 1. The minimum atomic E-state index is 0.167. The fourth-order valence-electron chi connectivity index (χ4n) is 1.47. The summed E-state index contributed by atoms with van der Waals surface area (Å²) in [5.41, 5.74) is 7.35.